The van der Waals surface area contributed by atoms with Gasteiger partial charge in [-0.05, 0) is 23.1 Å². The van der Waals surface area contributed by atoms with Crippen molar-refractivity contribution in [2.24, 2.45) is 0 Å². The lowest BCUT2D eigenvalue weighted by Crippen LogP contribution is -2.11. The number of hydrogen-bond donors (Lipinski definition) is 1. The number of carbonyl (C=O) groups is 1. The van der Waals surface area contributed by atoms with E-state index < -0.39 is 5.97 Å². The Hall–Kier alpha value is -2.07. The van der Waals surface area contributed by atoms with Crippen molar-refractivity contribution in [1.29, 1.82) is 0 Å². The SMILES string of the molecule is CC(C)(C)c1ccc(Oc2cc(Cl)ccc2C(=O)O)nc1. The molecule has 2 aromatic rings. The molecule has 2 rings (SSSR count). The Kier molecular flexibility index (Phi) is 4.19. The Labute approximate surface area is 128 Å². The maximum absolute atomic E-state index is 11.2. The van der Waals surface area contributed by atoms with Crippen molar-refractivity contribution in [3.63, 3.8) is 0 Å². The highest BCUT2D eigenvalue weighted by Gasteiger charge is 2.16. The molecule has 1 heterocycles. The summed E-state index contributed by atoms with van der Waals surface area (Å²) in [4.78, 5) is 15.4. The first-order chi connectivity index (χ1) is 9.77. The number of pyridine rings is 1. The Bertz CT molecular complexity index is 660. The highest BCUT2D eigenvalue weighted by Crippen LogP contribution is 2.29. The molecule has 0 spiro atoms. The minimum absolute atomic E-state index is 0.00614. The second-order valence-electron chi connectivity index (χ2n) is 5.68. The number of rotatable bonds is 3. The van der Waals surface area contributed by atoms with Gasteiger partial charge in [0.15, 0.2) is 0 Å². The van der Waals surface area contributed by atoms with Crippen LogP contribution < -0.4 is 4.74 Å². The molecular weight excluding hydrogens is 290 g/mol. The fourth-order valence-electron chi connectivity index (χ4n) is 1.75. The van der Waals surface area contributed by atoms with Gasteiger partial charge in [0.2, 0.25) is 5.88 Å². The number of carboxylic acid groups (broad SMARTS) is 1. The van der Waals surface area contributed by atoms with Gasteiger partial charge in [-0.3, -0.25) is 0 Å². The molecule has 1 aromatic heterocycles. The molecule has 0 fully saturated rings. The van der Waals surface area contributed by atoms with E-state index in [4.69, 9.17) is 21.4 Å². The van der Waals surface area contributed by atoms with Gasteiger partial charge in [-0.15, -0.1) is 0 Å². The van der Waals surface area contributed by atoms with Crippen molar-refractivity contribution < 1.29 is 14.6 Å². The van der Waals surface area contributed by atoms with Crippen LogP contribution in [-0.4, -0.2) is 16.1 Å². The topological polar surface area (TPSA) is 59.4 Å². The number of halogens is 1. The number of ether oxygens (including phenoxy) is 1. The second kappa shape index (κ2) is 5.74. The van der Waals surface area contributed by atoms with Crippen molar-refractivity contribution in [1.82, 2.24) is 4.98 Å². The fourth-order valence-corrected chi connectivity index (χ4v) is 1.92. The summed E-state index contributed by atoms with van der Waals surface area (Å²) in [7, 11) is 0. The monoisotopic (exact) mass is 305 g/mol. The van der Waals surface area contributed by atoms with Gasteiger partial charge in [0.05, 0.1) is 0 Å². The third kappa shape index (κ3) is 3.73. The van der Waals surface area contributed by atoms with Gasteiger partial charge in [0, 0.05) is 23.4 Å². The van der Waals surface area contributed by atoms with E-state index in [1.165, 1.54) is 18.2 Å². The molecule has 4 nitrogen and oxygen atoms in total. The molecule has 0 aliphatic heterocycles. The first-order valence-corrected chi connectivity index (χ1v) is 6.82. The summed E-state index contributed by atoms with van der Waals surface area (Å²) >= 11 is 5.88. The molecule has 0 saturated heterocycles. The summed E-state index contributed by atoms with van der Waals surface area (Å²) in [6.07, 6.45) is 1.72. The van der Waals surface area contributed by atoms with Crippen LogP contribution in [-0.2, 0) is 5.41 Å². The number of aromatic carboxylic acids is 1. The van der Waals surface area contributed by atoms with Crippen LogP contribution in [0.25, 0.3) is 0 Å². The molecule has 0 bridgehead atoms. The third-order valence-electron chi connectivity index (χ3n) is 2.99. The Balaban J connectivity index is 2.30. The molecule has 1 aromatic carbocycles. The Morgan fingerprint density at radius 3 is 2.48 bits per heavy atom. The summed E-state index contributed by atoms with van der Waals surface area (Å²) in [5.41, 5.74) is 1.11. The van der Waals surface area contributed by atoms with Crippen molar-refractivity contribution in [2.45, 2.75) is 26.2 Å². The second-order valence-corrected chi connectivity index (χ2v) is 6.12. The average molecular weight is 306 g/mol. The molecule has 0 amide bonds. The maximum atomic E-state index is 11.2. The lowest BCUT2D eigenvalue weighted by Gasteiger charge is -2.18. The predicted molar refractivity (Wildman–Crippen MR) is 81.4 cm³/mol. The lowest BCUT2D eigenvalue weighted by molar-refractivity contribution is 0.0694. The van der Waals surface area contributed by atoms with Gasteiger partial charge in [0.1, 0.15) is 11.3 Å². The predicted octanol–water partition coefficient (Wildman–Crippen LogP) is 4.52. The maximum Gasteiger partial charge on any atom is 0.339 e. The number of nitrogens with zero attached hydrogens (tertiary/aromatic N) is 1. The van der Waals surface area contributed by atoms with E-state index in [-0.39, 0.29) is 16.7 Å². The van der Waals surface area contributed by atoms with Gasteiger partial charge in [-0.1, -0.05) is 38.4 Å². The summed E-state index contributed by atoms with van der Waals surface area (Å²) in [5, 5.41) is 9.55. The van der Waals surface area contributed by atoms with E-state index in [0.717, 1.165) is 5.56 Å². The van der Waals surface area contributed by atoms with E-state index in [1.54, 1.807) is 12.3 Å². The van der Waals surface area contributed by atoms with Crippen LogP contribution in [0.2, 0.25) is 5.02 Å². The molecule has 5 heteroatoms. The summed E-state index contributed by atoms with van der Waals surface area (Å²) in [5.74, 6) is -0.577. The molecule has 0 atom stereocenters. The first-order valence-electron chi connectivity index (χ1n) is 6.44. The van der Waals surface area contributed by atoms with Crippen LogP contribution in [0.5, 0.6) is 11.6 Å². The summed E-state index contributed by atoms with van der Waals surface area (Å²) in [6, 6.07) is 8.00. The van der Waals surface area contributed by atoms with E-state index in [2.05, 4.69) is 25.8 Å². The van der Waals surface area contributed by atoms with Crippen LogP contribution >= 0.6 is 11.6 Å². The highest BCUT2D eigenvalue weighted by molar-refractivity contribution is 6.30. The van der Waals surface area contributed by atoms with E-state index in [9.17, 15) is 4.79 Å². The fraction of sp³-hybridized carbons (Fsp3) is 0.250. The zero-order chi connectivity index (χ0) is 15.6. The van der Waals surface area contributed by atoms with Crippen LogP contribution in [0.15, 0.2) is 36.5 Å². The zero-order valence-corrected chi connectivity index (χ0v) is 12.8. The average Bonchev–Trinajstić information content (AvgIpc) is 2.38. The molecule has 0 unspecified atom stereocenters. The third-order valence-corrected chi connectivity index (χ3v) is 3.23. The van der Waals surface area contributed by atoms with E-state index >= 15 is 0 Å². The van der Waals surface area contributed by atoms with E-state index in [1.807, 2.05) is 6.07 Å². The molecule has 0 radical (unpaired) electrons. The van der Waals surface area contributed by atoms with Gasteiger partial charge < -0.3 is 9.84 Å². The van der Waals surface area contributed by atoms with Crippen LogP contribution in [0.1, 0.15) is 36.7 Å². The molecule has 0 saturated carbocycles. The lowest BCUT2D eigenvalue weighted by atomic mass is 9.88. The van der Waals surface area contributed by atoms with Crippen LogP contribution in [0.3, 0.4) is 0 Å². The molecule has 21 heavy (non-hydrogen) atoms. The van der Waals surface area contributed by atoms with Gasteiger partial charge in [-0.25, -0.2) is 9.78 Å². The van der Waals surface area contributed by atoms with Crippen molar-refractivity contribution >= 4 is 17.6 Å². The van der Waals surface area contributed by atoms with Crippen molar-refractivity contribution in [3.8, 4) is 11.6 Å². The van der Waals surface area contributed by atoms with Gasteiger partial charge in [-0.2, -0.15) is 0 Å². The minimum atomic E-state index is -1.08. The smallest absolute Gasteiger partial charge is 0.339 e. The highest BCUT2D eigenvalue weighted by atomic mass is 35.5. The molecule has 1 N–H and O–H groups in total. The van der Waals surface area contributed by atoms with Crippen LogP contribution in [0.4, 0.5) is 0 Å². The van der Waals surface area contributed by atoms with Crippen molar-refractivity contribution in [3.05, 3.63) is 52.7 Å². The number of benzene rings is 1. The quantitative estimate of drug-likeness (QED) is 0.905. The molecule has 0 aliphatic carbocycles. The summed E-state index contributed by atoms with van der Waals surface area (Å²) < 4.78 is 5.54. The van der Waals surface area contributed by atoms with E-state index in [0.29, 0.717) is 10.9 Å². The standard InChI is InChI=1S/C16H16ClNO3/c1-16(2,3)10-4-7-14(18-9-10)21-13-8-11(17)5-6-12(13)15(19)20/h4-9H,1-3H3,(H,19,20). The molecular formula is C16H16ClNO3. The van der Waals surface area contributed by atoms with Gasteiger partial charge in [0.25, 0.3) is 0 Å². The molecule has 110 valence electrons. The Morgan fingerprint density at radius 2 is 1.95 bits per heavy atom. The normalized spacial score (nSPS) is 11.2. The largest absolute Gasteiger partial charge is 0.478 e. The minimum Gasteiger partial charge on any atom is -0.478 e. The zero-order valence-electron chi connectivity index (χ0n) is 12.1. The number of hydrogen-bond acceptors (Lipinski definition) is 3. The first kappa shape index (κ1) is 15.3. The summed E-state index contributed by atoms with van der Waals surface area (Å²) in [6.45, 7) is 6.26. The molecule has 0 aliphatic rings. The Morgan fingerprint density at radius 1 is 1.24 bits per heavy atom. The number of aromatic nitrogens is 1. The van der Waals surface area contributed by atoms with Gasteiger partial charge >= 0.3 is 5.97 Å². The van der Waals surface area contributed by atoms with Crippen molar-refractivity contribution in [2.75, 3.05) is 0 Å². The number of carboxylic acids is 1. The van der Waals surface area contributed by atoms with Crippen LogP contribution in [0, 0.1) is 0 Å².